The summed E-state index contributed by atoms with van der Waals surface area (Å²) in [5.74, 6) is -0.517. The third-order valence-corrected chi connectivity index (χ3v) is 3.55. The molecule has 0 aliphatic heterocycles. The number of anilines is 1. The van der Waals surface area contributed by atoms with Gasteiger partial charge in [-0.25, -0.2) is 0 Å². The van der Waals surface area contributed by atoms with E-state index in [1.165, 1.54) is 12.1 Å². The minimum absolute atomic E-state index is 0.0614. The maximum atomic E-state index is 12.6. The number of hydrogen-bond acceptors (Lipinski definition) is 2. The Morgan fingerprint density at radius 1 is 1.30 bits per heavy atom. The van der Waals surface area contributed by atoms with E-state index in [1.807, 2.05) is 6.07 Å². The van der Waals surface area contributed by atoms with Gasteiger partial charge in [0.2, 0.25) is 5.91 Å². The molecule has 0 unspecified atom stereocenters. The molecule has 2 rings (SSSR count). The van der Waals surface area contributed by atoms with Crippen LogP contribution in [0.25, 0.3) is 0 Å². The first kappa shape index (κ1) is 14.4. The number of alkyl halides is 3. The lowest BCUT2D eigenvalue weighted by Crippen LogP contribution is -2.32. The van der Waals surface area contributed by atoms with Gasteiger partial charge in [0.15, 0.2) is 0 Å². The first-order chi connectivity index (χ1) is 9.37. The molecule has 0 heterocycles. The average molecular weight is 282 g/mol. The Kier molecular flexibility index (Phi) is 3.71. The number of rotatable bonds is 2. The van der Waals surface area contributed by atoms with Crippen LogP contribution in [0.1, 0.15) is 31.2 Å². The Bertz CT molecular complexity index is 554. The van der Waals surface area contributed by atoms with Crippen molar-refractivity contribution in [3.8, 4) is 6.07 Å². The number of benzene rings is 1. The molecular weight excluding hydrogens is 269 g/mol. The van der Waals surface area contributed by atoms with Crippen molar-refractivity contribution in [2.75, 3.05) is 5.32 Å². The van der Waals surface area contributed by atoms with Crippen LogP contribution in [0.4, 0.5) is 18.9 Å². The molecule has 0 spiro atoms. The molecule has 1 saturated carbocycles. The Hall–Kier alpha value is -2.03. The lowest BCUT2D eigenvalue weighted by Gasteiger charge is -2.19. The molecule has 0 aromatic heterocycles. The maximum absolute atomic E-state index is 12.6. The fourth-order valence-corrected chi connectivity index (χ4v) is 2.39. The summed E-state index contributed by atoms with van der Waals surface area (Å²) in [6.45, 7) is 0. The molecule has 3 nitrogen and oxygen atoms in total. The normalized spacial score (nSPS) is 17.5. The first-order valence-electron chi connectivity index (χ1n) is 6.27. The van der Waals surface area contributed by atoms with E-state index in [0.29, 0.717) is 12.8 Å². The lowest BCUT2D eigenvalue weighted by molar-refractivity contribution is -0.137. The summed E-state index contributed by atoms with van der Waals surface area (Å²) < 4.78 is 37.7. The number of amides is 1. The van der Waals surface area contributed by atoms with Crippen LogP contribution in [0.15, 0.2) is 24.3 Å². The van der Waals surface area contributed by atoms with Crippen molar-refractivity contribution < 1.29 is 18.0 Å². The Balaban J connectivity index is 2.18. The van der Waals surface area contributed by atoms with Gasteiger partial charge in [-0.15, -0.1) is 0 Å². The predicted molar refractivity (Wildman–Crippen MR) is 66.6 cm³/mol. The van der Waals surface area contributed by atoms with Crippen LogP contribution in [0.2, 0.25) is 0 Å². The molecule has 0 bridgehead atoms. The van der Waals surface area contributed by atoms with Crippen molar-refractivity contribution in [1.82, 2.24) is 0 Å². The average Bonchev–Trinajstić information content (AvgIpc) is 2.88. The first-order valence-corrected chi connectivity index (χ1v) is 6.27. The molecule has 1 aliphatic rings. The van der Waals surface area contributed by atoms with Gasteiger partial charge >= 0.3 is 6.18 Å². The molecular formula is C14H13F3N2O. The van der Waals surface area contributed by atoms with Crippen molar-refractivity contribution in [1.29, 1.82) is 5.26 Å². The highest BCUT2D eigenvalue weighted by Gasteiger charge is 2.41. The van der Waals surface area contributed by atoms with Crippen LogP contribution in [0.3, 0.4) is 0 Å². The Labute approximate surface area is 114 Å². The van der Waals surface area contributed by atoms with Crippen LogP contribution < -0.4 is 5.32 Å². The summed E-state index contributed by atoms with van der Waals surface area (Å²) in [6, 6.07) is 6.43. The second-order valence-corrected chi connectivity index (χ2v) is 4.93. The smallest absolute Gasteiger partial charge is 0.325 e. The van der Waals surface area contributed by atoms with E-state index in [9.17, 15) is 18.0 Å². The zero-order valence-electron chi connectivity index (χ0n) is 10.6. The van der Waals surface area contributed by atoms with Crippen LogP contribution in [0, 0.1) is 16.7 Å². The minimum Gasteiger partial charge on any atom is -0.325 e. The quantitative estimate of drug-likeness (QED) is 0.898. The van der Waals surface area contributed by atoms with Gasteiger partial charge in [0.25, 0.3) is 0 Å². The molecule has 0 saturated heterocycles. The predicted octanol–water partition coefficient (Wildman–Crippen LogP) is 3.73. The van der Waals surface area contributed by atoms with E-state index in [2.05, 4.69) is 5.32 Å². The van der Waals surface area contributed by atoms with E-state index in [0.717, 1.165) is 25.0 Å². The highest BCUT2D eigenvalue weighted by atomic mass is 19.4. The van der Waals surface area contributed by atoms with Crippen molar-refractivity contribution in [2.45, 2.75) is 31.9 Å². The number of nitrogens with zero attached hydrogens (tertiary/aromatic N) is 1. The third-order valence-electron chi connectivity index (χ3n) is 3.55. The molecule has 106 valence electrons. The molecule has 1 N–H and O–H groups in total. The van der Waals surface area contributed by atoms with E-state index < -0.39 is 23.1 Å². The second-order valence-electron chi connectivity index (χ2n) is 4.93. The van der Waals surface area contributed by atoms with Crippen LogP contribution in [0.5, 0.6) is 0 Å². The highest BCUT2D eigenvalue weighted by molar-refractivity contribution is 5.97. The Morgan fingerprint density at radius 3 is 2.50 bits per heavy atom. The number of hydrogen-bond donors (Lipinski definition) is 1. The van der Waals surface area contributed by atoms with Crippen molar-refractivity contribution in [2.24, 2.45) is 5.41 Å². The van der Waals surface area contributed by atoms with E-state index in [4.69, 9.17) is 5.26 Å². The van der Waals surface area contributed by atoms with Crippen molar-refractivity contribution >= 4 is 11.6 Å². The van der Waals surface area contributed by atoms with Crippen LogP contribution >= 0.6 is 0 Å². The molecule has 1 aromatic carbocycles. The SMILES string of the molecule is N#CC1(C(=O)Nc2cccc(C(F)(F)F)c2)CCCC1. The van der Waals surface area contributed by atoms with E-state index >= 15 is 0 Å². The van der Waals surface area contributed by atoms with Crippen molar-refractivity contribution in [3.63, 3.8) is 0 Å². The summed E-state index contributed by atoms with van der Waals surface area (Å²) in [5, 5.41) is 11.6. The molecule has 1 amide bonds. The maximum Gasteiger partial charge on any atom is 0.416 e. The van der Waals surface area contributed by atoms with Crippen LogP contribution in [-0.4, -0.2) is 5.91 Å². The fourth-order valence-electron chi connectivity index (χ4n) is 2.39. The molecule has 0 atom stereocenters. The lowest BCUT2D eigenvalue weighted by atomic mass is 9.87. The molecule has 20 heavy (non-hydrogen) atoms. The second kappa shape index (κ2) is 5.16. The number of carbonyl (C=O) groups is 1. The summed E-state index contributed by atoms with van der Waals surface area (Å²) >= 11 is 0. The monoisotopic (exact) mass is 282 g/mol. The Morgan fingerprint density at radius 2 is 1.95 bits per heavy atom. The highest BCUT2D eigenvalue weighted by Crippen LogP contribution is 2.38. The van der Waals surface area contributed by atoms with Gasteiger partial charge in [-0.3, -0.25) is 4.79 Å². The summed E-state index contributed by atoms with van der Waals surface area (Å²) in [7, 11) is 0. The summed E-state index contributed by atoms with van der Waals surface area (Å²) in [4.78, 5) is 12.1. The number of nitriles is 1. The summed E-state index contributed by atoms with van der Waals surface area (Å²) in [6.07, 6.45) is -1.99. The van der Waals surface area contributed by atoms with Crippen molar-refractivity contribution in [3.05, 3.63) is 29.8 Å². The van der Waals surface area contributed by atoms with Gasteiger partial charge in [0, 0.05) is 5.69 Å². The van der Waals surface area contributed by atoms with Gasteiger partial charge < -0.3 is 5.32 Å². The van der Waals surface area contributed by atoms with Crippen LogP contribution in [-0.2, 0) is 11.0 Å². The molecule has 1 fully saturated rings. The van der Waals surface area contributed by atoms with E-state index in [-0.39, 0.29) is 5.69 Å². The third kappa shape index (κ3) is 2.77. The standard InChI is InChI=1S/C14H13F3N2O/c15-14(16,17)10-4-3-5-11(8-10)19-12(20)13(9-18)6-1-2-7-13/h3-5,8H,1-2,6-7H2,(H,19,20). The largest absolute Gasteiger partial charge is 0.416 e. The van der Waals surface area contributed by atoms with Gasteiger partial charge in [0.1, 0.15) is 5.41 Å². The van der Waals surface area contributed by atoms with Gasteiger partial charge in [-0.2, -0.15) is 18.4 Å². The minimum atomic E-state index is -4.46. The fraction of sp³-hybridized carbons (Fsp3) is 0.429. The molecule has 1 aromatic rings. The van der Waals surface area contributed by atoms with Gasteiger partial charge in [0.05, 0.1) is 11.6 Å². The molecule has 0 radical (unpaired) electrons. The van der Waals surface area contributed by atoms with E-state index in [1.54, 1.807) is 0 Å². The summed E-state index contributed by atoms with van der Waals surface area (Å²) in [5.41, 5.74) is -1.87. The number of carbonyl (C=O) groups excluding carboxylic acids is 1. The topological polar surface area (TPSA) is 52.9 Å². The van der Waals surface area contributed by atoms with Gasteiger partial charge in [-0.05, 0) is 31.0 Å². The zero-order valence-corrected chi connectivity index (χ0v) is 10.6. The zero-order chi connectivity index (χ0) is 14.8. The molecule has 1 aliphatic carbocycles. The number of halogens is 3. The molecule has 6 heteroatoms. The number of nitrogens with one attached hydrogen (secondary N) is 1. The van der Waals surface area contributed by atoms with Gasteiger partial charge in [-0.1, -0.05) is 18.9 Å².